The number of amides is 5. The maximum Gasteiger partial charge on any atom is 0.329 e. The van der Waals surface area contributed by atoms with Crippen molar-refractivity contribution >= 4 is 35.5 Å². The van der Waals surface area contributed by atoms with E-state index < -0.39 is 70.7 Å². The van der Waals surface area contributed by atoms with Crippen molar-refractivity contribution in [2.75, 3.05) is 6.54 Å². The van der Waals surface area contributed by atoms with Gasteiger partial charge >= 0.3 is 12.0 Å². The number of ether oxygens (including phenoxy) is 1. The molecule has 1 aliphatic heterocycles. The summed E-state index contributed by atoms with van der Waals surface area (Å²) in [7, 11) is 0. The summed E-state index contributed by atoms with van der Waals surface area (Å²) >= 11 is 0. The summed E-state index contributed by atoms with van der Waals surface area (Å²) in [6.45, 7) is 18.5. The Hall–Kier alpha value is -4.03. The molecule has 2 fully saturated rings. The first kappa shape index (κ1) is 40.4. The van der Waals surface area contributed by atoms with Crippen LogP contribution in [0.3, 0.4) is 0 Å². The predicted octanol–water partition coefficient (Wildman–Crippen LogP) is 3.51. The van der Waals surface area contributed by atoms with Crippen LogP contribution in [0.1, 0.15) is 101 Å². The van der Waals surface area contributed by atoms with Crippen LogP contribution in [-0.4, -0.2) is 81.7 Å². The van der Waals surface area contributed by atoms with E-state index in [0.29, 0.717) is 18.5 Å². The van der Waals surface area contributed by atoms with Crippen molar-refractivity contribution in [1.82, 2.24) is 31.2 Å². The number of carbonyl (C=O) groups excluding carboxylic acids is 6. The largest absolute Gasteiger partial charge is 0.458 e. The summed E-state index contributed by atoms with van der Waals surface area (Å²) in [5.41, 5.74) is -0.937. The molecule has 13 nitrogen and oxygen atoms in total. The Labute approximate surface area is 296 Å². The molecule has 4 N–H and O–H groups in total. The van der Waals surface area contributed by atoms with Gasteiger partial charge < -0.3 is 30.9 Å². The van der Waals surface area contributed by atoms with Gasteiger partial charge in [-0.1, -0.05) is 67.4 Å². The van der Waals surface area contributed by atoms with E-state index in [0.717, 1.165) is 12.8 Å². The molecule has 2 heterocycles. The predicted molar refractivity (Wildman–Crippen MR) is 188 cm³/mol. The lowest BCUT2D eigenvalue weighted by Crippen LogP contribution is -2.62. The summed E-state index contributed by atoms with van der Waals surface area (Å²) < 4.78 is 5.51. The summed E-state index contributed by atoms with van der Waals surface area (Å²) in [6.07, 6.45) is 4.28. The van der Waals surface area contributed by atoms with Crippen LogP contribution < -0.4 is 21.3 Å². The number of ketones is 1. The van der Waals surface area contributed by atoms with Crippen LogP contribution in [0.15, 0.2) is 24.4 Å². The molecule has 1 aromatic rings. The van der Waals surface area contributed by atoms with Crippen molar-refractivity contribution in [2.45, 2.75) is 131 Å². The Morgan fingerprint density at radius 1 is 0.920 bits per heavy atom. The molecule has 1 aromatic heterocycles. The number of nitrogens with one attached hydrogen (secondary N) is 4. The van der Waals surface area contributed by atoms with Crippen molar-refractivity contribution < 1.29 is 33.5 Å². The second kappa shape index (κ2) is 16.8. The van der Waals surface area contributed by atoms with Crippen molar-refractivity contribution in [3.05, 3.63) is 30.1 Å². The Balaban J connectivity index is 1.80. The zero-order valence-corrected chi connectivity index (χ0v) is 31.4. The average Bonchev–Trinajstić information content (AvgIpc) is 3.72. The van der Waals surface area contributed by atoms with Crippen LogP contribution in [0.4, 0.5) is 4.79 Å². The fraction of sp³-hybridized carbons (Fsp3) is 0.703. The van der Waals surface area contributed by atoms with E-state index in [1.807, 2.05) is 34.6 Å². The summed E-state index contributed by atoms with van der Waals surface area (Å²) in [4.78, 5) is 86.8. The SMILES string of the molecule is CC(C)C1CCN(C(=O)[C@@H](NC(=O)N[C@H](C(=O)OC(C)(C)C)C(C)C)C(C)(C)C)[C@@H]1C(=O)NC(CC1CC1)C(=O)C(=O)NCc1ccccn1. The lowest BCUT2D eigenvalue weighted by Gasteiger charge is -2.37. The highest BCUT2D eigenvalue weighted by atomic mass is 16.6. The van der Waals surface area contributed by atoms with E-state index in [2.05, 4.69) is 26.3 Å². The molecule has 1 aliphatic carbocycles. The van der Waals surface area contributed by atoms with Gasteiger partial charge in [-0.2, -0.15) is 0 Å². The lowest BCUT2D eigenvalue weighted by atomic mass is 9.84. The van der Waals surface area contributed by atoms with Crippen LogP contribution in [0.25, 0.3) is 0 Å². The van der Waals surface area contributed by atoms with E-state index in [1.54, 1.807) is 59.0 Å². The fourth-order valence-corrected chi connectivity index (χ4v) is 6.18. The molecule has 3 rings (SSSR count). The Bertz CT molecular complexity index is 1380. The first-order valence-corrected chi connectivity index (χ1v) is 17.8. The number of urea groups is 1. The third kappa shape index (κ3) is 11.5. The highest BCUT2D eigenvalue weighted by molar-refractivity contribution is 6.38. The number of rotatable bonds is 14. The standard InChI is InChI=1S/C37H58N6O7/c1-21(2)25-16-18-43(33(47)30(36(5,6)7)42-35(49)41-27(22(3)4)34(48)50-37(8,9)10)28(25)31(45)40-26(19-23-14-15-23)29(44)32(46)39-20-24-13-11-12-17-38-24/h11-13,17,21-23,25-28,30H,14-16,18-20H2,1-10H3,(H,39,46)(H,40,45)(H2,41,42,49)/t25?,26?,27-,28-,30+/m0/s1. The molecule has 0 spiro atoms. The van der Waals surface area contributed by atoms with Gasteiger partial charge in [-0.3, -0.25) is 24.2 Å². The zero-order chi connectivity index (χ0) is 37.6. The van der Waals surface area contributed by atoms with Gasteiger partial charge in [-0.05, 0) is 74.8 Å². The molecular weight excluding hydrogens is 640 g/mol. The van der Waals surface area contributed by atoms with Crippen molar-refractivity contribution in [3.63, 3.8) is 0 Å². The average molecular weight is 699 g/mol. The number of pyridine rings is 1. The van der Waals surface area contributed by atoms with Crippen LogP contribution in [0.2, 0.25) is 0 Å². The topological polar surface area (TPSA) is 176 Å². The first-order valence-electron chi connectivity index (χ1n) is 17.8. The minimum absolute atomic E-state index is 0.0211. The normalized spacial score (nSPS) is 19.7. The molecule has 0 bridgehead atoms. The van der Waals surface area contributed by atoms with Crippen molar-refractivity contribution in [1.29, 1.82) is 0 Å². The third-order valence-corrected chi connectivity index (χ3v) is 9.13. The highest BCUT2D eigenvalue weighted by Gasteiger charge is 2.48. The summed E-state index contributed by atoms with van der Waals surface area (Å²) in [5.74, 6) is -3.37. The molecule has 5 atom stereocenters. The number of likely N-dealkylation sites (tertiary alicyclic amines) is 1. The van der Waals surface area contributed by atoms with Gasteiger partial charge in [-0.25, -0.2) is 9.59 Å². The van der Waals surface area contributed by atoms with Crippen LogP contribution in [0, 0.1) is 29.1 Å². The van der Waals surface area contributed by atoms with Crippen LogP contribution in [0.5, 0.6) is 0 Å². The molecule has 5 amide bonds. The van der Waals surface area contributed by atoms with Gasteiger partial charge in [0.2, 0.25) is 17.6 Å². The van der Waals surface area contributed by atoms with E-state index in [-0.39, 0.29) is 36.8 Å². The smallest absolute Gasteiger partial charge is 0.329 e. The highest BCUT2D eigenvalue weighted by Crippen LogP contribution is 2.35. The first-order chi connectivity index (χ1) is 23.2. The van der Waals surface area contributed by atoms with Gasteiger partial charge in [0.25, 0.3) is 5.91 Å². The Morgan fingerprint density at radius 3 is 2.10 bits per heavy atom. The molecule has 278 valence electrons. The second-order valence-corrected chi connectivity index (χ2v) is 16.5. The van der Waals surface area contributed by atoms with Crippen LogP contribution in [-0.2, 0) is 35.3 Å². The number of Topliss-reactive ketones (excluding diaryl/α,β-unsaturated/α-hetero) is 1. The summed E-state index contributed by atoms with van der Waals surface area (Å²) in [6, 6.07) is 0.571. The van der Waals surface area contributed by atoms with Crippen molar-refractivity contribution in [3.8, 4) is 0 Å². The van der Waals surface area contributed by atoms with Gasteiger partial charge in [0, 0.05) is 12.7 Å². The third-order valence-electron chi connectivity index (χ3n) is 9.13. The number of hydrogen-bond donors (Lipinski definition) is 4. The zero-order valence-electron chi connectivity index (χ0n) is 31.4. The van der Waals surface area contributed by atoms with E-state index in [9.17, 15) is 28.8 Å². The molecule has 1 saturated carbocycles. The summed E-state index contributed by atoms with van der Waals surface area (Å²) in [5, 5.41) is 10.9. The molecule has 2 unspecified atom stereocenters. The lowest BCUT2D eigenvalue weighted by molar-refractivity contribution is -0.158. The molecule has 2 aliphatic rings. The molecule has 1 saturated heterocycles. The number of hydrogen-bond acceptors (Lipinski definition) is 8. The van der Waals surface area contributed by atoms with Gasteiger partial charge in [0.15, 0.2) is 0 Å². The second-order valence-electron chi connectivity index (χ2n) is 16.5. The van der Waals surface area contributed by atoms with Crippen molar-refractivity contribution in [2.24, 2.45) is 29.1 Å². The van der Waals surface area contributed by atoms with Gasteiger partial charge in [0.1, 0.15) is 23.7 Å². The maximum atomic E-state index is 14.4. The fourth-order valence-electron chi connectivity index (χ4n) is 6.18. The number of esters is 1. The Morgan fingerprint density at radius 2 is 1.58 bits per heavy atom. The number of aromatic nitrogens is 1. The molecule has 0 aromatic carbocycles. The van der Waals surface area contributed by atoms with Crippen LogP contribution >= 0.6 is 0 Å². The minimum Gasteiger partial charge on any atom is -0.458 e. The number of carbonyl (C=O) groups is 6. The molecule has 0 radical (unpaired) electrons. The monoisotopic (exact) mass is 698 g/mol. The molecule has 50 heavy (non-hydrogen) atoms. The van der Waals surface area contributed by atoms with E-state index >= 15 is 0 Å². The van der Waals surface area contributed by atoms with E-state index in [1.165, 1.54) is 4.90 Å². The van der Waals surface area contributed by atoms with Gasteiger partial charge in [-0.15, -0.1) is 0 Å². The molecule has 13 heteroatoms. The minimum atomic E-state index is -1.06. The maximum absolute atomic E-state index is 14.4. The number of nitrogens with zero attached hydrogens (tertiary/aromatic N) is 2. The quantitative estimate of drug-likeness (QED) is 0.169. The molecular formula is C37H58N6O7. The van der Waals surface area contributed by atoms with E-state index in [4.69, 9.17) is 4.74 Å². The van der Waals surface area contributed by atoms with Gasteiger partial charge in [0.05, 0.1) is 18.3 Å². The Kier molecular flexibility index (Phi) is 13.6.